The van der Waals surface area contributed by atoms with Crippen LogP contribution in [0, 0.1) is 11.3 Å². The van der Waals surface area contributed by atoms with Crippen molar-refractivity contribution < 1.29 is 9.53 Å². The van der Waals surface area contributed by atoms with E-state index in [1.54, 1.807) is 13.0 Å². The Hall–Kier alpha value is -2.50. The summed E-state index contributed by atoms with van der Waals surface area (Å²) in [6, 6.07) is 1.58. The zero-order chi connectivity index (χ0) is 11.1. The van der Waals surface area contributed by atoms with Crippen molar-refractivity contribution in [1.29, 1.82) is 5.26 Å². The lowest BCUT2D eigenvalue weighted by Crippen LogP contribution is -2.17. The van der Waals surface area contributed by atoms with Gasteiger partial charge in [0.05, 0.1) is 6.61 Å². The van der Waals surface area contributed by atoms with Crippen LogP contribution in [0.15, 0.2) is 5.10 Å². The van der Waals surface area contributed by atoms with E-state index in [2.05, 4.69) is 35.9 Å². The lowest BCUT2D eigenvalue weighted by molar-refractivity contribution is -0.134. The second-order valence-electron chi connectivity index (χ2n) is 2.14. The lowest BCUT2D eigenvalue weighted by atomic mass is 10.4. The van der Waals surface area contributed by atoms with Gasteiger partial charge in [0, 0.05) is 0 Å². The second-order valence-corrected chi connectivity index (χ2v) is 2.14. The summed E-state index contributed by atoms with van der Waals surface area (Å²) in [4.78, 5) is 11.1. The molecule has 1 aromatic rings. The van der Waals surface area contributed by atoms with Crippen LogP contribution in [0.2, 0.25) is 0 Å². The molecule has 0 aromatic carbocycles. The van der Waals surface area contributed by atoms with Crippen molar-refractivity contribution in [2.45, 2.75) is 6.92 Å². The number of aromatic amines is 1. The number of anilines is 1. The van der Waals surface area contributed by atoms with E-state index in [0.717, 1.165) is 0 Å². The minimum absolute atomic E-state index is 0.0482. The molecule has 0 aliphatic carbocycles. The summed E-state index contributed by atoms with van der Waals surface area (Å²) in [6.07, 6.45) is 0. The van der Waals surface area contributed by atoms with E-state index in [-0.39, 0.29) is 12.6 Å². The number of tetrazole rings is 1. The Kier molecular flexibility index (Phi) is 3.72. The molecule has 0 unspecified atom stereocenters. The number of nitrogens with zero attached hydrogens (tertiary/aromatic N) is 5. The van der Waals surface area contributed by atoms with Crippen molar-refractivity contribution in [2.24, 2.45) is 5.10 Å². The fraction of sp³-hybridized carbons (Fsp3) is 0.333. The number of rotatable bonds is 4. The van der Waals surface area contributed by atoms with E-state index in [9.17, 15) is 4.79 Å². The van der Waals surface area contributed by atoms with Gasteiger partial charge in [-0.25, -0.2) is 10.2 Å². The number of hydrazone groups is 1. The molecule has 0 spiro atoms. The third kappa shape index (κ3) is 3.03. The molecule has 1 heterocycles. The van der Waals surface area contributed by atoms with Crippen LogP contribution in [0.25, 0.3) is 0 Å². The van der Waals surface area contributed by atoms with Gasteiger partial charge in [-0.2, -0.15) is 15.6 Å². The molecular weight excluding hydrogens is 202 g/mol. The number of aromatic nitrogens is 4. The van der Waals surface area contributed by atoms with Crippen LogP contribution >= 0.6 is 0 Å². The van der Waals surface area contributed by atoms with Crippen molar-refractivity contribution >= 4 is 17.6 Å². The maximum Gasteiger partial charge on any atom is 0.369 e. The first-order chi connectivity index (χ1) is 7.27. The van der Waals surface area contributed by atoms with E-state index < -0.39 is 11.7 Å². The molecule has 1 rings (SSSR count). The molecule has 9 heteroatoms. The third-order valence-corrected chi connectivity index (χ3v) is 1.19. The minimum Gasteiger partial charge on any atom is -0.461 e. The normalized spacial score (nSPS) is 10.5. The Balaban J connectivity index is 2.63. The zero-order valence-corrected chi connectivity index (χ0v) is 7.76. The summed E-state index contributed by atoms with van der Waals surface area (Å²) >= 11 is 0. The molecule has 0 radical (unpaired) electrons. The summed E-state index contributed by atoms with van der Waals surface area (Å²) in [7, 11) is 0. The van der Waals surface area contributed by atoms with Crippen LogP contribution in [-0.2, 0) is 9.53 Å². The Labute approximate surface area is 84.1 Å². The van der Waals surface area contributed by atoms with Gasteiger partial charge < -0.3 is 4.74 Å². The summed E-state index contributed by atoms with van der Waals surface area (Å²) in [6.45, 7) is 1.79. The molecule has 0 amide bonds. The van der Waals surface area contributed by atoms with Crippen LogP contribution in [-0.4, -0.2) is 38.9 Å². The largest absolute Gasteiger partial charge is 0.461 e. The predicted octanol–water partition coefficient (Wildman–Crippen LogP) is -0.946. The van der Waals surface area contributed by atoms with E-state index in [0.29, 0.717) is 0 Å². The fourth-order valence-corrected chi connectivity index (χ4v) is 0.631. The van der Waals surface area contributed by atoms with E-state index >= 15 is 0 Å². The number of nitrogens with one attached hydrogen (secondary N) is 2. The van der Waals surface area contributed by atoms with E-state index in [4.69, 9.17) is 5.26 Å². The monoisotopic (exact) mass is 209 g/mol. The molecule has 0 bridgehead atoms. The first-order valence-corrected chi connectivity index (χ1v) is 3.92. The average molecular weight is 209 g/mol. The van der Waals surface area contributed by atoms with Gasteiger partial charge >= 0.3 is 5.97 Å². The molecule has 9 nitrogen and oxygen atoms in total. The maximum atomic E-state index is 11.1. The molecule has 15 heavy (non-hydrogen) atoms. The first-order valence-electron chi connectivity index (χ1n) is 3.92. The molecule has 0 aliphatic heterocycles. The summed E-state index contributed by atoms with van der Waals surface area (Å²) in [5, 5.41) is 24.4. The molecule has 0 saturated carbocycles. The number of carbonyl (C=O) groups excluding carboxylic acids is 1. The van der Waals surface area contributed by atoms with Gasteiger partial charge in [0.2, 0.25) is 5.71 Å². The highest BCUT2D eigenvalue weighted by atomic mass is 16.5. The summed E-state index contributed by atoms with van der Waals surface area (Å²) in [5.74, 6) is -0.761. The lowest BCUT2D eigenvalue weighted by Gasteiger charge is -1.97. The minimum atomic E-state index is -0.809. The number of nitriles is 1. The number of ether oxygens (including phenoxy) is 1. The number of hydrogen-bond donors (Lipinski definition) is 2. The van der Waals surface area contributed by atoms with Gasteiger partial charge in [0.15, 0.2) is 0 Å². The van der Waals surface area contributed by atoms with Crippen LogP contribution in [0.3, 0.4) is 0 Å². The smallest absolute Gasteiger partial charge is 0.369 e. The second kappa shape index (κ2) is 5.28. The van der Waals surface area contributed by atoms with Gasteiger partial charge in [-0.05, 0) is 12.1 Å². The zero-order valence-electron chi connectivity index (χ0n) is 7.76. The number of hydrogen-bond acceptors (Lipinski definition) is 8. The number of esters is 1. The van der Waals surface area contributed by atoms with Crippen LogP contribution < -0.4 is 5.43 Å². The fourth-order valence-electron chi connectivity index (χ4n) is 0.631. The van der Waals surface area contributed by atoms with Crippen molar-refractivity contribution in [3.63, 3.8) is 0 Å². The predicted molar refractivity (Wildman–Crippen MR) is 47.5 cm³/mol. The van der Waals surface area contributed by atoms with Crippen LogP contribution in [0.4, 0.5) is 5.95 Å². The Morgan fingerprint density at radius 3 is 3.13 bits per heavy atom. The first kappa shape index (κ1) is 10.6. The van der Waals surface area contributed by atoms with Crippen molar-refractivity contribution in [3.05, 3.63) is 0 Å². The maximum absolute atomic E-state index is 11.1. The Bertz CT molecular complexity index is 390. The highest BCUT2D eigenvalue weighted by Gasteiger charge is 2.11. The molecule has 2 N–H and O–H groups in total. The third-order valence-electron chi connectivity index (χ3n) is 1.19. The highest BCUT2D eigenvalue weighted by molar-refractivity contribution is 6.43. The highest BCUT2D eigenvalue weighted by Crippen LogP contribution is 1.91. The van der Waals surface area contributed by atoms with Crippen molar-refractivity contribution in [3.8, 4) is 6.07 Å². The van der Waals surface area contributed by atoms with Gasteiger partial charge in [-0.3, -0.25) is 0 Å². The molecular formula is C6H7N7O2. The topological polar surface area (TPSA) is 129 Å². The van der Waals surface area contributed by atoms with Crippen LogP contribution in [0.1, 0.15) is 6.92 Å². The van der Waals surface area contributed by atoms with Crippen molar-refractivity contribution in [1.82, 2.24) is 20.6 Å². The van der Waals surface area contributed by atoms with Gasteiger partial charge in [0.25, 0.3) is 5.95 Å². The van der Waals surface area contributed by atoms with Crippen LogP contribution in [0.5, 0.6) is 0 Å². The van der Waals surface area contributed by atoms with Crippen molar-refractivity contribution in [2.75, 3.05) is 12.0 Å². The molecule has 0 saturated heterocycles. The van der Waals surface area contributed by atoms with Gasteiger partial charge in [-0.1, -0.05) is 5.10 Å². The molecule has 0 atom stereocenters. The average Bonchev–Trinajstić information content (AvgIpc) is 2.72. The summed E-state index contributed by atoms with van der Waals surface area (Å²) in [5.41, 5.74) is 1.85. The quantitative estimate of drug-likeness (QED) is 0.371. The number of carbonyl (C=O) groups is 1. The molecule has 0 aliphatic rings. The van der Waals surface area contributed by atoms with E-state index in [1.807, 2.05) is 0 Å². The molecule has 0 fully saturated rings. The molecule has 78 valence electrons. The van der Waals surface area contributed by atoms with Gasteiger partial charge in [-0.15, -0.1) is 5.10 Å². The summed E-state index contributed by atoms with van der Waals surface area (Å²) < 4.78 is 4.57. The standard InChI is InChI=1S/C6H7N7O2/c1-2-15-5(14)4(3-7)8-9-6-10-12-13-11-6/h2H2,1H3,(H2,9,10,11,12,13)/b8-4-. The van der Waals surface area contributed by atoms with Gasteiger partial charge in [0.1, 0.15) is 6.07 Å². The molecule has 1 aromatic heterocycles. The van der Waals surface area contributed by atoms with E-state index in [1.165, 1.54) is 0 Å². The SMILES string of the molecule is CCOC(=O)/C(C#N)=N\Nc1nn[nH]n1. The Morgan fingerprint density at radius 1 is 1.80 bits per heavy atom. The Morgan fingerprint density at radius 2 is 2.60 bits per heavy atom. The number of H-pyrrole nitrogens is 1.